The van der Waals surface area contributed by atoms with Crippen LogP contribution >= 0.6 is 12.6 Å². The van der Waals surface area contributed by atoms with E-state index in [0.29, 0.717) is 32.5 Å². The second-order valence-corrected chi connectivity index (χ2v) is 13.0. The normalized spacial score (nSPS) is 22.1. The van der Waals surface area contributed by atoms with E-state index in [1.807, 2.05) is 55.5 Å². The summed E-state index contributed by atoms with van der Waals surface area (Å²) < 4.78 is 6.09. The first-order chi connectivity index (χ1) is 21.1. The molecule has 1 unspecified atom stereocenters. The maximum atomic E-state index is 13.8. The summed E-state index contributed by atoms with van der Waals surface area (Å²) in [4.78, 5) is 55.9. The van der Waals surface area contributed by atoms with Crippen molar-refractivity contribution < 1.29 is 23.9 Å². The molecule has 3 N–H and O–H groups in total. The summed E-state index contributed by atoms with van der Waals surface area (Å²) >= 11 is 4.31. The third-order valence-corrected chi connectivity index (χ3v) is 9.44. The number of benzene rings is 2. The van der Waals surface area contributed by atoms with Gasteiger partial charge >= 0.3 is 0 Å². The molecule has 4 amide bonds. The van der Waals surface area contributed by atoms with Crippen molar-refractivity contribution in [3.63, 3.8) is 0 Å². The molecule has 0 aromatic heterocycles. The first-order valence-electron chi connectivity index (χ1n) is 15.6. The number of amides is 4. The highest BCUT2D eigenvalue weighted by molar-refractivity contribution is 7.80. The minimum atomic E-state index is -1.14. The van der Waals surface area contributed by atoms with Crippen LogP contribution in [0.15, 0.2) is 48.5 Å². The van der Waals surface area contributed by atoms with E-state index in [0.717, 1.165) is 41.7 Å². The summed E-state index contributed by atoms with van der Waals surface area (Å²) in [5.74, 6) is -0.196. The molecule has 4 bridgehead atoms. The standard InChI is InChI=1S/C34H46N4O5S/c1-23-11-13-27-18-26(23)20-35-31(40)28(14-12-24-8-5-4-6-9-24)36-32(41)29(37-33(42)34(2,3)22-44)19-30(39)38-16-7-10-25(21-38)15-17-43-27/h4-6,8-9,11,13,18,25,28-29,44H,7,10,12,14-17,19-22H2,1-3H3,(H,35,40)(H,36,41)(H,37,42)/t25?,28-,29-/m1/s1. The molecule has 2 aliphatic rings. The average Bonchev–Trinajstić information content (AvgIpc) is 3.02. The molecule has 3 atom stereocenters. The number of carbonyl (C=O) groups excluding carboxylic acids is 4. The van der Waals surface area contributed by atoms with Crippen LogP contribution in [0, 0.1) is 18.3 Å². The second-order valence-electron chi connectivity index (χ2n) is 12.6. The monoisotopic (exact) mass is 622 g/mol. The smallest absolute Gasteiger partial charge is 0.243 e. The van der Waals surface area contributed by atoms with E-state index < -0.39 is 23.4 Å². The van der Waals surface area contributed by atoms with E-state index in [-0.39, 0.29) is 42.4 Å². The minimum Gasteiger partial charge on any atom is -0.494 e. The van der Waals surface area contributed by atoms with Gasteiger partial charge in [0.15, 0.2) is 0 Å². The minimum absolute atomic E-state index is 0.194. The largest absolute Gasteiger partial charge is 0.494 e. The number of nitrogens with one attached hydrogen (secondary N) is 3. The molecule has 4 rings (SSSR count). The molecule has 44 heavy (non-hydrogen) atoms. The Labute approximate surface area is 266 Å². The van der Waals surface area contributed by atoms with E-state index in [9.17, 15) is 19.2 Å². The Bertz CT molecular complexity index is 1320. The molecular formula is C34H46N4O5S. The van der Waals surface area contributed by atoms with E-state index in [4.69, 9.17) is 4.74 Å². The van der Waals surface area contributed by atoms with Crippen molar-refractivity contribution in [3.05, 3.63) is 65.2 Å². The third kappa shape index (κ3) is 9.24. The Morgan fingerprint density at radius 3 is 2.61 bits per heavy atom. The van der Waals surface area contributed by atoms with Gasteiger partial charge in [-0.2, -0.15) is 12.6 Å². The number of fused-ring (bicyclic) bond motifs is 4. The Morgan fingerprint density at radius 2 is 1.86 bits per heavy atom. The predicted molar refractivity (Wildman–Crippen MR) is 173 cm³/mol. The molecule has 0 aliphatic carbocycles. The molecule has 1 saturated heterocycles. The van der Waals surface area contributed by atoms with Gasteiger partial charge in [-0.15, -0.1) is 0 Å². The molecule has 2 aliphatic heterocycles. The fraction of sp³-hybridized carbons (Fsp3) is 0.529. The Kier molecular flexibility index (Phi) is 11.7. The van der Waals surface area contributed by atoms with Crippen molar-refractivity contribution in [2.24, 2.45) is 11.3 Å². The van der Waals surface area contributed by atoms with Gasteiger partial charge in [0.05, 0.1) is 18.4 Å². The first kappa shape index (κ1) is 33.4. The summed E-state index contributed by atoms with van der Waals surface area (Å²) in [6.07, 6.45) is 3.36. The highest BCUT2D eigenvalue weighted by Gasteiger charge is 2.35. The fourth-order valence-corrected chi connectivity index (χ4v) is 5.68. The van der Waals surface area contributed by atoms with Gasteiger partial charge in [-0.1, -0.05) is 50.2 Å². The van der Waals surface area contributed by atoms with E-state index in [1.165, 1.54) is 0 Å². The maximum absolute atomic E-state index is 13.8. The lowest BCUT2D eigenvalue weighted by molar-refractivity contribution is -0.139. The third-order valence-electron chi connectivity index (χ3n) is 8.65. The van der Waals surface area contributed by atoms with Crippen molar-refractivity contribution in [2.75, 3.05) is 25.4 Å². The van der Waals surface area contributed by atoms with Crippen molar-refractivity contribution in [3.8, 4) is 5.75 Å². The molecule has 10 heteroatoms. The number of hydrogen-bond acceptors (Lipinski definition) is 6. The molecule has 0 saturated carbocycles. The average molecular weight is 623 g/mol. The van der Waals surface area contributed by atoms with Gasteiger partial charge in [0.2, 0.25) is 23.6 Å². The summed E-state index contributed by atoms with van der Waals surface area (Å²) in [5, 5.41) is 8.68. The van der Waals surface area contributed by atoms with Crippen LogP contribution in [-0.2, 0) is 32.1 Å². The molecule has 0 spiro atoms. The van der Waals surface area contributed by atoms with E-state index in [2.05, 4.69) is 28.6 Å². The Morgan fingerprint density at radius 1 is 1.09 bits per heavy atom. The van der Waals surface area contributed by atoms with Crippen LogP contribution in [0.4, 0.5) is 0 Å². The molecule has 9 nitrogen and oxygen atoms in total. The lowest BCUT2D eigenvalue weighted by atomic mass is 9.93. The lowest BCUT2D eigenvalue weighted by Crippen LogP contribution is -2.57. The van der Waals surface area contributed by atoms with Crippen molar-refractivity contribution in [2.45, 2.75) is 77.9 Å². The topological polar surface area (TPSA) is 117 Å². The first-order valence-corrected chi connectivity index (χ1v) is 16.2. The van der Waals surface area contributed by atoms with E-state index >= 15 is 0 Å². The summed E-state index contributed by atoms with van der Waals surface area (Å²) in [6, 6.07) is 13.6. The van der Waals surface area contributed by atoms with Gasteiger partial charge in [-0.3, -0.25) is 19.2 Å². The quantitative estimate of drug-likeness (QED) is 0.368. The molecule has 0 radical (unpaired) electrons. The van der Waals surface area contributed by atoms with Crippen LogP contribution in [0.5, 0.6) is 5.75 Å². The molecule has 238 valence electrons. The van der Waals surface area contributed by atoms with Crippen molar-refractivity contribution in [1.82, 2.24) is 20.9 Å². The van der Waals surface area contributed by atoms with Gasteiger partial charge in [0, 0.05) is 25.4 Å². The molecule has 2 heterocycles. The van der Waals surface area contributed by atoms with Crippen LogP contribution in [-0.4, -0.2) is 66.1 Å². The van der Waals surface area contributed by atoms with E-state index in [1.54, 1.807) is 18.7 Å². The maximum Gasteiger partial charge on any atom is 0.243 e. The second kappa shape index (κ2) is 15.5. The van der Waals surface area contributed by atoms with Gasteiger partial charge in [-0.05, 0) is 73.8 Å². The number of thiol groups is 1. The molecule has 2 aromatic rings. The number of carbonyl (C=O) groups is 4. The Hall–Kier alpha value is -3.53. The highest BCUT2D eigenvalue weighted by atomic mass is 32.1. The van der Waals surface area contributed by atoms with Crippen LogP contribution in [0.1, 0.15) is 62.6 Å². The number of aryl methyl sites for hydroxylation is 2. The zero-order valence-electron chi connectivity index (χ0n) is 26.1. The molecule has 1 fully saturated rings. The molecular weight excluding hydrogens is 576 g/mol. The number of piperidine rings is 1. The van der Waals surface area contributed by atoms with Gasteiger partial charge < -0.3 is 25.6 Å². The van der Waals surface area contributed by atoms with Crippen molar-refractivity contribution >= 4 is 36.3 Å². The van der Waals surface area contributed by atoms with Crippen molar-refractivity contribution in [1.29, 1.82) is 0 Å². The summed E-state index contributed by atoms with van der Waals surface area (Å²) in [7, 11) is 0. The number of rotatable bonds is 6. The van der Waals surface area contributed by atoms with Gasteiger partial charge in [0.25, 0.3) is 0 Å². The summed E-state index contributed by atoms with van der Waals surface area (Å²) in [6.45, 7) is 7.42. The van der Waals surface area contributed by atoms with Gasteiger partial charge in [0.1, 0.15) is 17.8 Å². The fourth-order valence-electron chi connectivity index (χ4n) is 5.54. The number of hydrogen-bond donors (Lipinski definition) is 4. The highest BCUT2D eigenvalue weighted by Crippen LogP contribution is 2.23. The molecule has 2 aromatic carbocycles. The number of ether oxygens (including phenoxy) is 1. The zero-order valence-corrected chi connectivity index (χ0v) is 27.0. The van der Waals surface area contributed by atoms with Crippen LogP contribution in [0.2, 0.25) is 0 Å². The van der Waals surface area contributed by atoms with Crippen LogP contribution in [0.25, 0.3) is 0 Å². The lowest BCUT2D eigenvalue weighted by Gasteiger charge is -2.34. The predicted octanol–water partition coefficient (Wildman–Crippen LogP) is 3.58. The SMILES string of the molecule is Cc1ccc2cc1CNC(=O)[C@@H](CCc1ccccc1)NC(=O)[C@H](NC(=O)C(C)(C)CS)CC(=O)N1CCCC(CCO2)C1. The number of nitrogens with zero attached hydrogens (tertiary/aromatic N) is 1. The van der Waals surface area contributed by atoms with Crippen LogP contribution in [0.3, 0.4) is 0 Å². The van der Waals surface area contributed by atoms with Gasteiger partial charge in [-0.25, -0.2) is 0 Å². The Balaban J connectivity index is 1.62. The van der Waals surface area contributed by atoms with Crippen LogP contribution < -0.4 is 20.7 Å². The summed E-state index contributed by atoms with van der Waals surface area (Å²) in [5.41, 5.74) is 2.13. The zero-order chi connectivity index (χ0) is 31.7.